The predicted octanol–water partition coefficient (Wildman–Crippen LogP) is 4.27. The second-order valence-corrected chi connectivity index (χ2v) is 8.28. The monoisotopic (exact) mass is 409 g/mol. The third-order valence-corrected chi connectivity index (χ3v) is 6.08. The number of piperidine rings is 1. The van der Waals surface area contributed by atoms with Crippen molar-refractivity contribution in [1.29, 1.82) is 0 Å². The topological polar surface area (TPSA) is 45.2 Å². The fourth-order valence-corrected chi connectivity index (χ4v) is 4.56. The third kappa shape index (κ3) is 5.28. The summed E-state index contributed by atoms with van der Waals surface area (Å²) < 4.78 is 13.9. The zero-order valence-electron chi connectivity index (χ0n) is 16.2. The highest BCUT2D eigenvalue weighted by atomic mass is 32.1. The van der Waals surface area contributed by atoms with Crippen molar-refractivity contribution in [2.75, 3.05) is 13.1 Å². The van der Waals surface area contributed by atoms with Gasteiger partial charge >= 0.3 is 0 Å². The molecule has 1 amide bonds. The Kier molecular flexibility index (Phi) is 6.32. The Morgan fingerprint density at radius 3 is 2.79 bits per heavy atom. The van der Waals surface area contributed by atoms with Crippen LogP contribution in [0.25, 0.3) is 10.6 Å². The minimum absolute atomic E-state index is 0.00680. The highest BCUT2D eigenvalue weighted by molar-refractivity contribution is 7.13. The van der Waals surface area contributed by atoms with E-state index in [0.29, 0.717) is 12.1 Å². The molecule has 29 heavy (non-hydrogen) atoms. The number of benzene rings is 2. The molecule has 0 aliphatic carbocycles. The van der Waals surface area contributed by atoms with Crippen molar-refractivity contribution < 1.29 is 9.18 Å². The number of carbonyl (C=O) groups excluding carboxylic acids is 1. The molecule has 1 fully saturated rings. The number of halogens is 1. The quantitative estimate of drug-likeness (QED) is 0.661. The van der Waals surface area contributed by atoms with Crippen LogP contribution in [0.3, 0.4) is 0 Å². The number of nitrogens with zero attached hydrogens (tertiary/aromatic N) is 2. The number of thiazole rings is 1. The zero-order valence-corrected chi connectivity index (χ0v) is 17.0. The molecule has 4 rings (SSSR count). The van der Waals surface area contributed by atoms with Gasteiger partial charge in [-0.25, -0.2) is 9.37 Å². The van der Waals surface area contributed by atoms with Gasteiger partial charge < -0.3 is 5.32 Å². The first kappa shape index (κ1) is 19.7. The molecule has 0 bridgehead atoms. The van der Waals surface area contributed by atoms with Gasteiger partial charge in [0.15, 0.2) is 0 Å². The van der Waals surface area contributed by atoms with Gasteiger partial charge in [-0.15, -0.1) is 11.3 Å². The van der Waals surface area contributed by atoms with Gasteiger partial charge in [-0.05, 0) is 25.5 Å². The van der Waals surface area contributed by atoms with E-state index in [1.54, 1.807) is 17.4 Å². The minimum Gasteiger partial charge on any atom is -0.352 e. The maximum absolute atomic E-state index is 13.9. The second-order valence-electron chi connectivity index (χ2n) is 7.42. The van der Waals surface area contributed by atoms with Crippen molar-refractivity contribution in [3.8, 4) is 10.6 Å². The Labute approximate surface area is 174 Å². The van der Waals surface area contributed by atoms with Gasteiger partial charge in [0.05, 0.1) is 12.1 Å². The van der Waals surface area contributed by atoms with Gasteiger partial charge in [0.25, 0.3) is 0 Å². The van der Waals surface area contributed by atoms with Crippen LogP contribution in [0, 0.1) is 5.82 Å². The lowest BCUT2D eigenvalue weighted by Crippen LogP contribution is -2.47. The molecule has 1 unspecified atom stereocenters. The smallest absolute Gasteiger partial charge is 0.226 e. The maximum atomic E-state index is 13.9. The second kappa shape index (κ2) is 9.29. The molecule has 4 nitrogen and oxygen atoms in total. The molecule has 1 aliphatic rings. The van der Waals surface area contributed by atoms with Crippen molar-refractivity contribution in [3.63, 3.8) is 0 Å². The molecule has 2 aromatic carbocycles. The summed E-state index contributed by atoms with van der Waals surface area (Å²) in [5.41, 5.74) is 2.57. The molecule has 6 heteroatoms. The average Bonchev–Trinajstić information content (AvgIpc) is 3.19. The minimum atomic E-state index is -0.170. The molecular weight excluding hydrogens is 385 g/mol. The largest absolute Gasteiger partial charge is 0.352 e. The predicted molar refractivity (Wildman–Crippen MR) is 114 cm³/mol. The Morgan fingerprint density at radius 1 is 1.17 bits per heavy atom. The van der Waals surface area contributed by atoms with Crippen molar-refractivity contribution >= 4 is 17.2 Å². The summed E-state index contributed by atoms with van der Waals surface area (Å²) in [5.74, 6) is -0.177. The van der Waals surface area contributed by atoms with E-state index < -0.39 is 0 Å². The first-order valence-corrected chi connectivity index (χ1v) is 10.8. The molecule has 0 radical (unpaired) electrons. The van der Waals surface area contributed by atoms with Crippen LogP contribution >= 0.6 is 11.3 Å². The number of amides is 1. The van der Waals surface area contributed by atoms with Crippen LogP contribution < -0.4 is 5.32 Å². The number of likely N-dealkylation sites (tertiary alicyclic amines) is 1. The average molecular weight is 410 g/mol. The van der Waals surface area contributed by atoms with E-state index in [-0.39, 0.29) is 24.2 Å². The molecule has 2 heterocycles. The molecule has 1 saturated heterocycles. The summed E-state index contributed by atoms with van der Waals surface area (Å²) in [5, 5.41) is 6.02. The fraction of sp³-hybridized carbons (Fsp3) is 0.304. The van der Waals surface area contributed by atoms with Crippen LogP contribution in [0.1, 0.15) is 24.1 Å². The standard InChI is InChI=1S/C23H24FN3OS/c24-21-11-5-4-9-18(21)14-27-12-6-10-19(15-27)25-22(28)13-20-16-29-23(26-20)17-7-2-1-3-8-17/h1-5,7-9,11,16,19H,6,10,12-15H2,(H,25,28). The molecule has 1 atom stereocenters. The number of rotatable bonds is 6. The van der Waals surface area contributed by atoms with Crippen molar-refractivity contribution in [3.05, 3.63) is 77.1 Å². The summed E-state index contributed by atoms with van der Waals surface area (Å²) in [6, 6.07) is 17.0. The lowest BCUT2D eigenvalue weighted by atomic mass is 10.0. The molecule has 3 aromatic rings. The van der Waals surface area contributed by atoms with Crippen LogP contribution in [0.2, 0.25) is 0 Å². The van der Waals surface area contributed by atoms with Crippen molar-refractivity contribution in [2.24, 2.45) is 0 Å². The number of hydrogen-bond acceptors (Lipinski definition) is 4. The first-order chi connectivity index (χ1) is 14.2. The van der Waals surface area contributed by atoms with E-state index in [1.807, 2.05) is 47.8 Å². The molecule has 1 aromatic heterocycles. The van der Waals surface area contributed by atoms with Crippen LogP contribution in [0.15, 0.2) is 60.0 Å². The maximum Gasteiger partial charge on any atom is 0.226 e. The normalized spacial score (nSPS) is 17.2. The Morgan fingerprint density at radius 2 is 1.97 bits per heavy atom. The van der Waals surface area contributed by atoms with Crippen molar-refractivity contribution in [2.45, 2.75) is 31.8 Å². The summed E-state index contributed by atoms with van der Waals surface area (Å²) in [6.07, 6.45) is 2.23. The summed E-state index contributed by atoms with van der Waals surface area (Å²) >= 11 is 1.56. The Bertz CT molecular complexity index is 960. The van der Waals surface area contributed by atoms with Crippen LogP contribution in [0.5, 0.6) is 0 Å². The molecule has 0 spiro atoms. The fourth-order valence-electron chi connectivity index (χ4n) is 3.73. The molecular formula is C23H24FN3OS. The summed E-state index contributed by atoms with van der Waals surface area (Å²) in [4.78, 5) is 19.3. The van der Waals surface area contributed by atoms with E-state index in [9.17, 15) is 9.18 Å². The molecule has 0 saturated carbocycles. The van der Waals surface area contributed by atoms with E-state index in [2.05, 4.69) is 15.2 Å². The Balaban J connectivity index is 1.30. The molecule has 1 N–H and O–H groups in total. The molecule has 150 valence electrons. The van der Waals surface area contributed by atoms with Crippen molar-refractivity contribution in [1.82, 2.24) is 15.2 Å². The van der Waals surface area contributed by atoms with E-state index in [0.717, 1.165) is 42.2 Å². The lowest BCUT2D eigenvalue weighted by molar-refractivity contribution is -0.121. The summed E-state index contributed by atoms with van der Waals surface area (Å²) in [6.45, 7) is 2.24. The van der Waals surface area contributed by atoms with Crippen LogP contribution in [-0.2, 0) is 17.8 Å². The van der Waals surface area contributed by atoms with Gasteiger partial charge in [-0.1, -0.05) is 48.5 Å². The SMILES string of the molecule is O=C(Cc1csc(-c2ccccc2)n1)NC1CCCN(Cc2ccccc2F)C1. The third-order valence-electron chi connectivity index (χ3n) is 5.14. The highest BCUT2D eigenvalue weighted by Crippen LogP contribution is 2.23. The summed E-state index contributed by atoms with van der Waals surface area (Å²) in [7, 11) is 0. The van der Waals surface area contributed by atoms with Crippen LogP contribution in [-0.4, -0.2) is 34.9 Å². The van der Waals surface area contributed by atoms with E-state index in [4.69, 9.17) is 0 Å². The van der Waals surface area contributed by atoms with Gasteiger partial charge in [0.2, 0.25) is 5.91 Å². The van der Waals surface area contributed by atoms with Gasteiger partial charge in [-0.3, -0.25) is 9.69 Å². The number of nitrogens with one attached hydrogen (secondary N) is 1. The lowest BCUT2D eigenvalue weighted by Gasteiger charge is -2.33. The molecule has 1 aliphatic heterocycles. The van der Waals surface area contributed by atoms with Gasteiger partial charge in [0, 0.05) is 35.6 Å². The highest BCUT2D eigenvalue weighted by Gasteiger charge is 2.22. The van der Waals surface area contributed by atoms with Gasteiger partial charge in [0.1, 0.15) is 10.8 Å². The Hall–Kier alpha value is -2.57. The van der Waals surface area contributed by atoms with E-state index in [1.165, 1.54) is 6.07 Å². The van der Waals surface area contributed by atoms with Gasteiger partial charge in [-0.2, -0.15) is 0 Å². The number of carbonyl (C=O) groups is 1. The number of hydrogen-bond donors (Lipinski definition) is 1. The van der Waals surface area contributed by atoms with Crippen LogP contribution in [0.4, 0.5) is 4.39 Å². The first-order valence-electron chi connectivity index (χ1n) is 9.92. The van der Waals surface area contributed by atoms with E-state index >= 15 is 0 Å². The number of aromatic nitrogens is 1. The zero-order chi connectivity index (χ0) is 20.1.